The third-order valence-electron chi connectivity index (χ3n) is 3.76. The molecule has 0 unspecified atom stereocenters. The van der Waals surface area contributed by atoms with Crippen LogP contribution in [0.5, 0.6) is 5.75 Å². The lowest BCUT2D eigenvalue weighted by molar-refractivity contribution is 0.102. The van der Waals surface area contributed by atoms with Crippen molar-refractivity contribution < 1.29 is 9.90 Å². The summed E-state index contributed by atoms with van der Waals surface area (Å²) in [4.78, 5) is 12.2. The molecule has 1 aliphatic carbocycles. The summed E-state index contributed by atoms with van der Waals surface area (Å²) in [6, 6.07) is 12.6. The lowest BCUT2D eigenvalue weighted by atomic mass is 9.90. The molecule has 0 aromatic heterocycles. The Balaban J connectivity index is 1.82. The molecule has 3 rings (SSSR count). The monoisotopic (exact) mass is 267 g/mol. The van der Waals surface area contributed by atoms with Gasteiger partial charge in [-0.05, 0) is 61.1 Å². The van der Waals surface area contributed by atoms with E-state index in [4.69, 9.17) is 0 Å². The minimum atomic E-state index is -0.181. The number of carbonyl (C=O) groups is 1. The zero-order valence-corrected chi connectivity index (χ0v) is 11.2. The Morgan fingerprint density at radius 2 is 1.75 bits per heavy atom. The maximum atomic E-state index is 12.2. The van der Waals surface area contributed by atoms with Gasteiger partial charge in [-0.25, -0.2) is 0 Å². The van der Waals surface area contributed by atoms with Crippen molar-refractivity contribution in [2.45, 2.75) is 25.7 Å². The Kier molecular flexibility index (Phi) is 3.42. The number of hydrogen-bond donors (Lipinski definition) is 2. The number of benzene rings is 2. The Labute approximate surface area is 118 Å². The second kappa shape index (κ2) is 5.37. The number of rotatable bonds is 2. The number of carbonyl (C=O) groups excluding carboxylic acids is 1. The zero-order valence-electron chi connectivity index (χ0n) is 11.2. The largest absolute Gasteiger partial charge is 0.506 e. The second-order valence-electron chi connectivity index (χ2n) is 5.16. The molecule has 1 amide bonds. The van der Waals surface area contributed by atoms with E-state index in [1.165, 1.54) is 24.0 Å². The summed E-state index contributed by atoms with van der Waals surface area (Å²) in [6.45, 7) is 0. The smallest absolute Gasteiger partial charge is 0.255 e. The molecule has 3 heteroatoms. The molecular weight excluding hydrogens is 250 g/mol. The average molecular weight is 267 g/mol. The van der Waals surface area contributed by atoms with E-state index in [0.717, 1.165) is 12.8 Å². The van der Waals surface area contributed by atoms with E-state index < -0.39 is 0 Å². The van der Waals surface area contributed by atoms with Gasteiger partial charge in [0.1, 0.15) is 5.75 Å². The van der Waals surface area contributed by atoms with Crippen molar-refractivity contribution in [2.75, 3.05) is 5.32 Å². The van der Waals surface area contributed by atoms with Crippen LogP contribution in [0.2, 0.25) is 0 Å². The number of phenols is 1. The van der Waals surface area contributed by atoms with Gasteiger partial charge < -0.3 is 10.4 Å². The number of amides is 1. The van der Waals surface area contributed by atoms with E-state index in [-0.39, 0.29) is 11.7 Å². The first kappa shape index (κ1) is 12.7. The van der Waals surface area contributed by atoms with Gasteiger partial charge in [0.25, 0.3) is 5.91 Å². The Morgan fingerprint density at radius 3 is 2.55 bits per heavy atom. The molecule has 0 bridgehead atoms. The minimum absolute atomic E-state index is 0.0822. The van der Waals surface area contributed by atoms with Gasteiger partial charge in [-0.2, -0.15) is 0 Å². The van der Waals surface area contributed by atoms with Crippen molar-refractivity contribution in [2.24, 2.45) is 0 Å². The molecule has 2 N–H and O–H groups in total. The fourth-order valence-corrected chi connectivity index (χ4v) is 2.65. The van der Waals surface area contributed by atoms with Crippen molar-refractivity contribution in [3.05, 3.63) is 59.2 Å². The Morgan fingerprint density at radius 1 is 1.00 bits per heavy atom. The standard InChI is InChI=1S/C17H17NO2/c19-16-8-4-3-7-15(16)18-17(20)14-10-9-12-5-1-2-6-13(12)11-14/h3-4,7-11,19H,1-2,5-6H2,(H,18,20). The number of hydrogen-bond acceptors (Lipinski definition) is 2. The molecular formula is C17H17NO2. The summed E-state index contributed by atoms with van der Waals surface area (Å²) in [5.41, 5.74) is 3.72. The first-order valence-electron chi connectivity index (χ1n) is 6.95. The van der Waals surface area contributed by atoms with Crippen molar-refractivity contribution in [1.82, 2.24) is 0 Å². The Bertz CT molecular complexity index is 649. The average Bonchev–Trinajstić information content (AvgIpc) is 2.49. The molecule has 0 saturated heterocycles. The van der Waals surface area contributed by atoms with Gasteiger partial charge in [-0.15, -0.1) is 0 Å². The second-order valence-corrected chi connectivity index (χ2v) is 5.16. The van der Waals surface area contributed by atoms with Gasteiger partial charge >= 0.3 is 0 Å². The molecule has 0 heterocycles. The highest BCUT2D eigenvalue weighted by Gasteiger charge is 2.13. The van der Waals surface area contributed by atoms with Crippen molar-refractivity contribution in [1.29, 1.82) is 0 Å². The maximum Gasteiger partial charge on any atom is 0.255 e. The predicted molar refractivity (Wildman–Crippen MR) is 79.1 cm³/mol. The molecule has 0 spiro atoms. The molecule has 3 nitrogen and oxygen atoms in total. The molecule has 102 valence electrons. The molecule has 2 aromatic carbocycles. The van der Waals surface area contributed by atoms with Crippen molar-refractivity contribution in [3.8, 4) is 5.75 Å². The third-order valence-corrected chi connectivity index (χ3v) is 3.76. The number of aromatic hydroxyl groups is 1. The number of nitrogens with one attached hydrogen (secondary N) is 1. The SMILES string of the molecule is O=C(Nc1ccccc1O)c1ccc2c(c1)CCCC2. The van der Waals surface area contributed by atoms with Gasteiger partial charge in [0.2, 0.25) is 0 Å². The van der Waals surface area contributed by atoms with E-state index in [0.29, 0.717) is 11.3 Å². The van der Waals surface area contributed by atoms with Crippen LogP contribution in [0.3, 0.4) is 0 Å². The van der Waals surface area contributed by atoms with Gasteiger partial charge in [0.05, 0.1) is 5.69 Å². The van der Waals surface area contributed by atoms with Crippen LogP contribution in [-0.2, 0) is 12.8 Å². The minimum Gasteiger partial charge on any atom is -0.506 e. The van der Waals surface area contributed by atoms with Crippen LogP contribution in [0.15, 0.2) is 42.5 Å². The van der Waals surface area contributed by atoms with Crippen LogP contribution in [0, 0.1) is 0 Å². The molecule has 0 atom stereocenters. The van der Waals surface area contributed by atoms with Crippen LogP contribution in [-0.4, -0.2) is 11.0 Å². The summed E-state index contributed by atoms with van der Waals surface area (Å²) in [5, 5.41) is 12.4. The fourth-order valence-electron chi connectivity index (χ4n) is 2.65. The highest BCUT2D eigenvalue weighted by atomic mass is 16.3. The highest BCUT2D eigenvalue weighted by Crippen LogP contribution is 2.25. The quantitative estimate of drug-likeness (QED) is 0.818. The van der Waals surface area contributed by atoms with Gasteiger partial charge in [0.15, 0.2) is 0 Å². The molecule has 1 aliphatic rings. The number of para-hydroxylation sites is 2. The van der Waals surface area contributed by atoms with E-state index in [1.807, 2.05) is 18.2 Å². The lowest BCUT2D eigenvalue weighted by Crippen LogP contribution is -2.13. The topological polar surface area (TPSA) is 49.3 Å². The van der Waals surface area contributed by atoms with E-state index >= 15 is 0 Å². The molecule has 20 heavy (non-hydrogen) atoms. The normalized spacial score (nSPS) is 13.6. The summed E-state index contributed by atoms with van der Waals surface area (Å²) in [7, 11) is 0. The van der Waals surface area contributed by atoms with Crippen LogP contribution >= 0.6 is 0 Å². The van der Waals surface area contributed by atoms with Crippen molar-refractivity contribution in [3.63, 3.8) is 0 Å². The number of anilines is 1. The first-order chi connectivity index (χ1) is 9.74. The first-order valence-corrected chi connectivity index (χ1v) is 6.95. The van der Waals surface area contributed by atoms with E-state index in [2.05, 4.69) is 5.32 Å². The molecule has 0 fully saturated rings. The van der Waals surface area contributed by atoms with Crippen LogP contribution in [0.4, 0.5) is 5.69 Å². The molecule has 0 aliphatic heterocycles. The lowest BCUT2D eigenvalue weighted by Gasteiger charge is -2.16. The van der Waals surface area contributed by atoms with Crippen LogP contribution < -0.4 is 5.32 Å². The number of phenolic OH excluding ortho intramolecular Hbond substituents is 1. The van der Waals surface area contributed by atoms with E-state index in [1.54, 1.807) is 24.3 Å². The van der Waals surface area contributed by atoms with Crippen LogP contribution in [0.25, 0.3) is 0 Å². The summed E-state index contributed by atoms with van der Waals surface area (Å²) in [5.74, 6) is -0.0984. The van der Waals surface area contributed by atoms with Crippen molar-refractivity contribution >= 4 is 11.6 Å². The highest BCUT2D eigenvalue weighted by molar-refractivity contribution is 6.05. The maximum absolute atomic E-state index is 12.2. The number of fused-ring (bicyclic) bond motifs is 1. The van der Waals surface area contributed by atoms with Gasteiger partial charge in [0, 0.05) is 5.56 Å². The number of aryl methyl sites for hydroxylation is 2. The zero-order chi connectivity index (χ0) is 13.9. The van der Waals surface area contributed by atoms with Gasteiger partial charge in [-0.3, -0.25) is 4.79 Å². The van der Waals surface area contributed by atoms with E-state index in [9.17, 15) is 9.90 Å². The molecule has 2 aromatic rings. The van der Waals surface area contributed by atoms with Gasteiger partial charge in [-0.1, -0.05) is 18.2 Å². The summed E-state index contributed by atoms with van der Waals surface area (Å²) >= 11 is 0. The molecule has 0 saturated carbocycles. The Hall–Kier alpha value is -2.29. The van der Waals surface area contributed by atoms with Crippen LogP contribution in [0.1, 0.15) is 34.3 Å². The summed E-state index contributed by atoms with van der Waals surface area (Å²) in [6.07, 6.45) is 4.58. The summed E-state index contributed by atoms with van der Waals surface area (Å²) < 4.78 is 0. The molecule has 0 radical (unpaired) electrons. The fraction of sp³-hybridized carbons (Fsp3) is 0.235. The predicted octanol–water partition coefficient (Wildman–Crippen LogP) is 3.52. The third kappa shape index (κ3) is 2.52.